The standard InChI is InChI=1S/C20H17N3O5S2/c1-30(27,28)12-8-9-15-16(11-12)29-20(21-15)22-17(24)7-4-10-23-18(25)13-5-2-3-6-14(13)19(23)26/h2-3,5-6,8-9,11H,4,7,10H2,1H3,(H,21,22,24). The molecular formula is C20H17N3O5S2. The van der Waals surface area contributed by atoms with Crippen LogP contribution in [0.25, 0.3) is 10.2 Å². The molecule has 1 N–H and O–H groups in total. The summed E-state index contributed by atoms with van der Waals surface area (Å²) < 4.78 is 24.0. The van der Waals surface area contributed by atoms with Crippen molar-refractivity contribution >= 4 is 54.2 Å². The summed E-state index contributed by atoms with van der Waals surface area (Å²) in [6.07, 6.45) is 1.56. The number of nitrogens with one attached hydrogen (secondary N) is 1. The Labute approximate surface area is 176 Å². The van der Waals surface area contributed by atoms with E-state index in [2.05, 4.69) is 10.3 Å². The van der Waals surface area contributed by atoms with Gasteiger partial charge in [-0.25, -0.2) is 13.4 Å². The second kappa shape index (κ2) is 7.62. The summed E-state index contributed by atoms with van der Waals surface area (Å²) in [5.41, 5.74) is 1.36. The summed E-state index contributed by atoms with van der Waals surface area (Å²) in [7, 11) is -3.33. The molecule has 1 aliphatic heterocycles. The lowest BCUT2D eigenvalue weighted by Crippen LogP contribution is -2.31. The summed E-state index contributed by atoms with van der Waals surface area (Å²) in [6.45, 7) is 0.150. The highest BCUT2D eigenvalue weighted by Gasteiger charge is 2.34. The van der Waals surface area contributed by atoms with E-state index in [9.17, 15) is 22.8 Å². The number of imide groups is 1. The van der Waals surface area contributed by atoms with Crippen molar-refractivity contribution in [3.8, 4) is 0 Å². The third-order valence-corrected chi connectivity index (χ3v) is 6.74. The molecule has 1 aromatic heterocycles. The zero-order valence-corrected chi connectivity index (χ0v) is 17.5. The monoisotopic (exact) mass is 443 g/mol. The minimum atomic E-state index is -3.33. The van der Waals surface area contributed by atoms with Crippen LogP contribution < -0.4 is 5.32 Å². The number of fused-ring (bicyclic) bond motifs is 2. The van der Waals surface area contributed by atoms with Gasteiger partial charge in [-0.05, 0) is 36.8 Å². The van der Waals surface area contributed by atoms with Crippen molar-refractivity contribution in [3.05, 3.63) is 53.6 Å². The van der Waals surface area contributed by atoms with Crippen LogP contribution in [0.2, 0.25) is 0 Å². The number of carbonyl (C=O) groups excluding carboxylic acids is 3. The Morgan fingerprint density at radius 3 is 2.40 bits per heavy atom. The van der Waals surface area contributed by atoms with Gasteiger partial charge in [0.25, 0.3) is 11.8 Å². The highest BCUT2D eigenvalue weighted by molar-refractivity contribution is 7.90. The van der Waals surface area contributed by atoms with Crippen LogP contribution in [-0.2, 0) is 14.6 Å². The number of sulfone groups is 1. The number of benzene rings is 2. The molecule has 10 heteroatoms. The van der Waals surface area contributed by atoms with Crippen LogP contribution >= 0.6 is 11.3 Å². The number of thiazole rings is 1. The van der Waals surface area contributed by atoms with E-state index in [-0.39, 0.29) is 35.6 Å². The zero-order valence-electron chi connectivity index (χ0n) is 15.9. The van der Waals surface area contributed by atoms with Gasteiger partial charge in [-0.1, -0.05) is 23.5 Å². The molecule has 0 fully saturated rings. The average molecular weight is 444 g/mol. The lowest BCUT2D eigenvalue weighted by atomic mass is 10.1. The third kappa shape index (κ3) is 3.83. The zero-order chi connectivity index (χ0) is 21.5. The molecule has 0 aliphatic carbocycles. The maximum Gasteiger partial charge on any atom is 0.261 e. The van der Waals surface area contributed by atoms with Gasteiger partial charge < -0.3 is 5.32 Å². The first-order valence-corrected chi connectivity index (χ1v) is 11.8. The van der Waals surface area contributed by atoms with Crippen molar-refractivity contribution in [2.24, 2.45) is 0 Å². The van der Waals surface area contributed by atoms with Gasteiger partial charge in [0.1, 0.15) is 0 Å². The largest absolute Gasteiger partial charge is 0.302 e. The molecular weight excluding hydrogens is 426 g/mol. The van der Waals surface area contributed by atoms with Crippen molar-refractivity contribution in [1.82, 2.24) is 9.88 Å². The summed E-state index contributed by atoms with van der Waals surface area (Å²) in [4.78, 5) is 42.5. The van der Waals surface area contributed by atoms with Crippen LogP contribution in [0.4, 0.5) is 5.13 Å². The maximum atomic E-state index is 12.3. The Morgan fingerprint density at radius 1 is 1.10 bits per heavy atom. The molecule has 0 spiro atoms. The first-order chi connectivity index (χ1) is 14.2. The number of hydrogen-bond donors (Lipinski definition) is 1. The van der Waals surface area contributed by atoms with Crippen LogP contribution in [0.15, 0.2) is 47.4 Å². The number of aromatic nitrogens is 1. The van der Waals surface area contributed by atoms with Gasteiger partial charge >= 0.3 is 0 Å². The second-order valence-electron chi connectivity index (χ2n) is 6.88. The van der Waals surface area contributed by atoms with Crippen LogP contribution in [0, 0.1) is 0 Å². The molecule has 30 heavy (non-hydrogen) atoms. The Hall–Kier alpha value is -3.11. The molecule has 0 saturated carbocycles. The van der Waals surface area contributed by atoms with Gasteiger partial charge in [0.2, 0.25) is 5.91 Å². The molecule has 8 nitrogen and oxygen atoms in total. The lowest BCUT2D eigenvalue weighted by molar-refractivity contribution is -0.116. The molecule has 0 unspecified atom stereocenters. The van der Waals surface area contributed by atoms with E-state index in [1.807, 2.05) is 0 Å². The fourth-order valence-corrected chi connectivity index (χ4v) is 4.85. The molecule has 3 aromatic rings. The predicted molar refractivity (Wildman–Crippen MR) is 112 cm³/mol. The first kappa shape index (κ1) is 20.2. The fraction of sp³-hybridized carbons (Fsp3) is 0.200. The maximum absolute atomic E-state index is 12.3. The Morgan fingerprint density at radius 2 is 1.77 bits per heavy atom. The molecule has 0 saturated heterocycles. The molecule has 2 aromatic carbocycles. The van der Waals surface area contributed by atoms with E-state index in [1.165, 1.54) is 23.5 Å². The van der Waals surface area contributed by atoms with Crippen LogP contribution in [0.3, 0.4) is 0 Å². The van der Waals surface area contributed by atoms with Gasteiger partial charge in [0, 0.05) is 19.2 Å². The summed E-state index contributed by atoms with van der Waals surface area (Å²) in [5.74, 6) is -0.985. The van der Waals surface area contributed by atoms with Crippen molar-refractivity contribution in [2.45, 2.75) is 17.7 Å². The van der Waals surface area contributed by atoms with E-state index >= 15 is 0 Å². The number of nitrogens with zero attached hydrogens (tertiary/aromatic N) is 2. The number of carbonyl (C=O) groups is 3. The topological polar surface area (TPSA) is 114 Å². The molecule has 154 valence electrons. The Bertz CT molecular complexity index is 1260. The molecule has 4 rings (SSSR count). The lowest BCUT2D eigenvalue weighted by Gasteiger charge is -2.13. The van der Waals surface area contributed by atoms with Crippen molar-refractivity contribution in [3.63, 3.8) is 0 Å². The van der Waals surface area contributed by atoms with Crippen molar-refractivity contribution in [1.29, 1.82) is 0 Å². The van der Waals surface area contributed by atoms with Crippen LogP contribution in [0.1, 0.15) is 33.6 Å². The fourth-order valence-electron chi connectivity index (χ4n) is 3.21. The van der Waals surface area contributed by atoms with Gasteiger partial charge in [0.05, 0.1) is 26.2 Å². The van der Waals surface area contributed by atoms with E-state index in [0.717, 1.165) is 11.2 Å². The van der Waals surface area contributed by atoms with Gasteiger partial charge in [0.15, 0.2) is 15.0 Å². The Kier molecular flexibility index (Phi) is 5.12. The van der Waals surface area contributed by atoms with E-state index in [4.69, 9.17) is 0 Å². The Balaban J connectivity index is 1.35. The minimum Gasteiger partial charge on any atom is -0.302 e. The SMILES string of the molecule is CS(=O)(=O)c1ccc2nc(NC(=O)CCCN3C(=O)c4ccccc4C3=O)sc2c1. The summed E-state index contributed by atoms with van der Waals surface area (Å²) >= 11 is 1.18. The van der Waals surface area contributed by atoms with Gasteiger partial charge in [-0.15, -0.1) is 0 Å². The second-order valence-corrected chi connectivity index (χ2v) is 9.93. The summed E-state index contributed by atoms with van der Waals surface area (Å²) in [6, 6.07) is 11.2. The van der Waals surface area contributed by atoms with Crippen molar-refractivity contribution < 1.29 is 22.8 Å². The smallest absolute Gasteiger partial charge is 0.261 e. The minimum absolute atomic E-state index is 0.109. The average Bonchev–Trinajstić information content (AvgIpc) is 3.20. The normalized spacial score (nSPS) is 13.7. The molecule has 2 heterocycles. The van der Waals surface area contributed by atoms with Crippen molar-refractivity contribution in [2.75, 3.05) is 18.1 Å². The number of hydrogen-bond acceptors (Lipinski definition) is 7. The molecule has 0 atom stereocenters. The van der Waals surface area contributed by atoms with Gasteiger partial charge in [-0.3, -0.25) is 19.3 Å². The van der Waals surface area contributed by atoms with E-state index < -0.39 is 9.84 Å². The highest BCUT2D eigenvalue weighted by atomic mass is 32.2. The molecule has 1 aliphatic rings. The third-order valence-electron chi connectivity index (χ3n) is 4.70. The van der Waals surface area contributed by atoms with Crippen LogP contribution in [-0.4, -0.2) is 48.8 Å². The predicted octanol–water partition coefficient (Wildman–Crippen LogP) is 2.71. The molecule has 3 amide bonds. The van der Waals surface area contributed by atoms with Gasteiger partial charge in [-0.2, -0.15) is 0 Å². The molecule has 0 radical (unpaired) electrons. The summed E-state index contributed by atoms with van der Waals surface area (Å²) in [5, 5.41) is 3.05. The number of amides is 3. The van der Waals surface area contributed by atoms with E-state index in [0.29, 0.717) is 32.9 Å². The first-order valence-electron chi connectivity index (χ1n) is 9.10. The quantitative estimate of drug-likeness (QED) is 0.586. The number of rotatable bonds is 6. The van der Waals surface area contributed by atoms with E-state index in [1.54, 1.807) is 30.3 Å². The molecule has 0 bridgehead atoms. The number of anilines is 1. The van der Waals surface area contributed by atoms with Crippen LogP contribution in [0.5, 0.6) is 0 Å². The highest BCUT2D eigenvalue weighted by Crippen LogP contribution is 2.28.